The highest BCUT2D eigenvalue weighted by atomic mass is 32.1. The van der Waals surface area contributed by atoms with E-state index in [1.54, 1.807) is 34.9 Å². The molecular formula is C18H17FN2O3S. The summed E-state index contributed by atoms with van der Waals surface area (Å²) in [5.41, 5.74) is 1.40. The highest BCUT2D eigenvalue weighted by Gasteiger charge is 2.12. The molecule has 0 atom stereocenters. The van der Waals surface area contributed by atoms with Crippen LogP contribution in [0.4, 0.5) is 10.1 Å². The van der Waals surface area contributed by atoms with Gasteiger partial charge in [0.2, 0.25) is 0 Å². The van der Waals surface area contributed by atoms with E-state index in [1.165, 1.54) is 12.1 Å². The van der Waals surface area contributed by atoms with Crippen LogP contribution in [-0.2, 0) is 4.79 Å². The van der Waals surface area contributed by atoms with Crippen LogP contribution < -0.4 is 14.9 Å². The topological polar surface area (TPSA) is 60.3 Å². The summed E-state index contributed by atoms with van der Waals surface area (Å²) >= 11 is 1.14. The molecule has 1 heterocycles. The minimum atomic E-state index is -0.517. The van der Waals surface area contributed by atoms with E-state index >= 15 is 0 Å². The standard InChI is InChI=1S/C18H17FN2O3S/c1-11(2)21-14-8-7-12(9-16(14)25-18(21)23)20-17(22)10-24-15-6-4-3-5-13(15)19/h3-9,11H,10H2,1-2H3,(H,20,22). The van der Waals surface area contributed by atoms with Crippen molar-refractivity contribution in [2.45, 2.75) is 19.9 Å². The first-order valence-corrected chi connectivity index (χ1v) is 8.59. The molecule has 3 rings (SSSR count). The normalized spacial score (nSPS) is 11.0. The molecule has 25 heavy (non-hydrogen) atoms. The number of carbonyl (C=O) groups excluding carboxylic acids is 1. The largest absolute Gasteiger partial charge is 0.481 e. The van der Waals surface area contributed by atoms with Gasteiger partial charge in [0.1, 0.15) is 0 Å². The molecule has 7 heteroatoms. The maximum atomic E-state index is 13.5. The average Bonchev–Trinajstić information content (AvgIpc) is 2.89. The third-order valence-corrected chi connectivity index (χ3v) is 4.53. The van der Waals surface area contributed by atoms with E-state index in [-0.39, 0.29) is 23.3 Å². The average molecular weight is 360 g/mol. The second-order valence-electron chi connectivity index (χ2n) is 5.78. The quantitative estimate of drug-likeness (QED) is 0.753. The van der Waals surface area contributed by atoms with E-state index in [0.717, 1.165) is 21.6 Å². The van der Waals surface area contributed by atoms with Gasteiger partial charge in [0.05, 0.1) is 10.2 Å². The van der Waals surface area contributed by atoms with Gasteiger partial charge < -0.3 is 10.1 Å². The maximum Gasteiger partial charge on any atom is 0.308 e. The first kappa shape index (κ1) is 17.2. The molecule has 0 aliphatic heterocycles. The molecule has 5 nitrogen and oxygen atoms in total. The molecule has 0 radical (unpaired) electrons. The Balaban J connectivity index is 1.71. The van der Waals surface area contributed by atoms with Crippen LogP contribution in [0.3, 0.4) is 0 Å². The number of rotatable bonds is 5. The Hall–Kier alpha value is -2.67. The highest BCUT2D eigenvalue weighted by molar-refractivity contribution is 7.16. The van der Waals surface area contributed by atoms with E-state index in [1.807, 2.05) is 13.8 Å². The Morgan fingerprint density at radius 2 is 2.04 bits per heavy atom. The molecular weight excluding hydrogens is 343 g/mol. The molecule has 0 fully saturated rings. The van der Waals surface area contributed by atoms with Crippen molar-refractivity contribution >= 4 is 33.1 Å². The van der Waals surface area contributed by atoms with Crippen LogP contribution in [0.15, 0.2) is 47.3 Å². The van der Waals surface area contributed by atoms with Crippen molar-refractivity contribution in [3.63, 3.8) is 0 Å². The number of ether oxygens (including phenoxy) is 1. The monoisotopic (exact) mass is 360 g/mol. The third kappa shape index (κ3) is 3.71. The van der Waals surface area contributed by atoms with Gasteiger partial charge in [-0.3, -0.25) is 14.2 Å². The number of aromatic nitrogens is 1. The van der Waals surface area contributed by atoms with Crippen LogP contribution in [0, 0.1) is 5.82 Å². The number of fused-ring (bicyclic) bond motifs is 1. The summed E-state index contributed by atoms with van der Waals surface area (Å²) in [6.45, 7) is 3.59. The SMILES string of the molecule is CC(C)n1c(=O)sc2cc(NC(=O)COc3ccccc3F)ccc21. The van der Waals surface area contributed by atoms with Crippen LogP contribution in [-0.4, -0.2) is 17.1 Å². The van der Waals surface area contributed by atoms with Gasteiger partial charge in [0.25, 0.3) is 5.91 Å². The summed E-state index contributed by atoms with van der Waals surface area (Å²) in [6.07, 6.45) is 0. The molecule has 0 spiro atoms. The molecule has 130 valence electrons. The smallest absolute Gasteiger partial charge is 0.308 e. The zero-order valence-electron chi connectivity index (χ0n) is 13.8. The predicted octanol–water partition coefficient (Wildman–Crippen LogP) is 3.80. The lowest BCUT2D eigenvalue weighted by Crippen LogP contribution is -2.20. The van der Waals surface area contributed by atoms with Crippen molar-refractivity contribution in [3.8, 4) is 5.75 Å². The van der Waals surface area contributed by atoms with Crippen molar-refractivity contribution in [1.82, 2.24) is 4.57 Å². The zero-order chi connectivity index (χ0) is 18.0. The Morgan fingerprint density at radius 1 is 1.28 bits per heavy atom. The lowest BCUT2D eigenvalue weighted by atomic mass is 10.2. The molecule has 2 aromatic carbocycles. The second-order valence-corrected chi connectivity index (χ2v) is 6.77. The van der Waals surface area contributed by atoms with E-state index in [2.05, 4.69) is 5.32 Å². The number of hydrogen-bond donors (Lipinski definition) is 1. The summed E-state index contributed by atoms with van der Waals surface area (Å²) in [5, 5.41) is 2.69. The maximum absolute atomic E-state index is 13.5. The molecule has 3 aromatic rings. The van der Waals surface area contributed by atoms with Crippen molar-refractivity contribution in [1.29, 1.82) is 0 Å². The number of benzene rings is 2. The van der Waals surface area contributed by atoms with Gasteiger partial charge in [-0.25, -0.2) is 4.39 Å². The van der Waals surface area contributed by atoms with Gasteiger partial charge >= 0.3 is 4.87 Å². The minimum Gasteiger partial charge on any atom is -0.481 e. The Morgan fingerprint density at radius 3 is 2.76 bits per heavy atom. The molecule has 1 N–H and O–H groups in total. The van der Waals surface area contributed by atoms with Crippen LogP contribution in [0.5, 0.6) is 5.75 Å². The van der Waals surface area contributed by atoms with Crippen molar-refractivity contribution in [2.75, 3.05) is 11.9 Å². The fourth-order valence-corrected chi connectivity index (χ4v) is 3.56. The molecule has 0 aliphatic carbocycles. The first-order chi connectivity index (χ1) is 12.0. The van der Waals surface area contributed by atoms with Crippen molar-refractivity contribution in [2.24, 2.45) is 0 Å². The van der Waals surface area contributed by atoms with E-state index in [9.17, 15) is 14.0 Å². The van der Waals surface area contributed by atoms with Gasteiger partial charge in [0, 0.05) is 11.7 Å². The van der Waals surface area contributed by atoms with Gasteiger partial charge in [-0.05, 0) is 44.2 Å². The van der Waals surface area contributed by atoms with Gasteiger partial charge in [-0.15, -0.1) is 0 Å². The molecule has 0 bridgehead atoms. The molecule has 1 aromatic heterocycles. The number of nitrogens with zero attached hydrogens (tertiary/aromatic N) is 1. The molecule has 1 amide bonds. The van der Waals surface area contributed by atoms with E-state index in [4.69, 9.17) is 4.74 Å². The Labute approximate surface area is 147 Å². The highest BCUT2D eigenvalue weighted by Crippen LogP contribution is 2.24. The summed E-state index contributed by atoms with van der Waals surface area (Å²) in [7, 11) is 0. The number of halogens is 1. The van der Waals surface area contributed by atoms with Gasteiger partial charge in [-0.2, -0.15) is 0 Å². The van der Waals surface area contributed by atoms with Gasteiger partial charge in [0.15, 0.2) is 18.2 Å². The third-order valence-electron chi connectivity index (χ3n) is 3.61. The van der Waals surface area contributed by atoms with Crippen molar-refractivity contribution in [3.05, 3.63) is 57.9 Å². The number of nitrogens with one attached hydrogen (secondary N) is 1. The van der Waals surface area contributed by atoms with Crippen LogP contribution in [0.2, 0.25) is 0 Å². The van der Waals surface area contributed by atoms with Crippen LogP contribution >= 0.6 is 11.3 Å². The predicted molar refractivity (Wildman–Crippen MR) is 97.0 cm³/mol. The second kappa shape index (κ2) is 7.06. The molecule has 0 saturated heterocycles. The summed E-state index contributed by atoms with van der Waals surface area (Å²) in [4.78, 5) is 24.0. The van der Waals surface area contributed by atoms with E-state index in [0.29, 0.717) is 5.69 Å². The summed E-state index contributed by atoms with van der Waals surface area (Å²) in [6, 6.07) is 11.3. The lowest BCUT2D eigenvalue weighted by Gasteiger charge is -2.09. The number of para-hydroxylation sites is 1. The van der Waals surface area contributed by atoms with Gasteiger partial charge in [-0.1, -0.05) is 23.5 Å². The number of anilines is 1. The fourth-order valence-electron chi connectivity index (χ4n) is 2.51. The van der Waals surface area contributed by atoms with Crippen LogP contribution in [0.1, 0.15) is 19.9 Å². The number of hydrogen-bond acceptors (Lipinski definition) is 4. The summed E-state index contributed by atoms with van der Waals surface area (Å²) < 4.78 is 21.1. The Kier molecular flexibility index (Phi) is 4.85. The first-order valence-electron chi connectivity index (χ1n) is 7.78. The molecule has 0 unspecified atom stereocenters. The van der Waals surface area contributed by atoms with Crippen LogP contribution in [0.25, 0.3) is 10.2 Å². The minimum absolute atomic E-state index is 0.0281. The van der Waals surface area contributed by atoms with Crippen molar-refractivity contribution < 1.29 is 13.9 Å². The number of carbonyl (C=O) groups is 1. The molecule has 0 saturated carbocycles. The summed E-state index contributed by atoms with van der Waals surface area (Å²) in [5.74, 6) is -0.893. The molecule has 0 aliphatic rings. The lowest BCUT2D eigenvalue weighted by molar-refractivity contribution is -0.118. The fraction of sp³-hybridized carbons (Fsp3) is 0.222. The number of amides is 1. The van der Waals surface area contributed by atoms with E-state index < -0.39 is 11.7 Å². The Bertz CT molecular complexity index is 978. The zero-order valence-corrected chi connectivity index (χ0v) is 14.6. The number of thiazole rings is 1.